The number of nitrogens with one attached hydrogen (secondary N) is 1. The van der Waals surface area contributed by atoms with Gasteiger partial charge in [0.2, 0.25) is 0 Å². The molecule has 0 unspecified atom stereocenters. The Labute approximate surface area is 125 Å². The lowest BCUT2D eigenvalue weighted by molar-refractivity contribution is 0.409. The van der Waals surface area contributed by atoms with Crippen LogP contribution in [0.4, 0.5) is 0 Å². The molecule has 2 N–H and O–H groups in total. The zero-order chi connectivity index (χ0) is 15.2. The number of rotatable bonds is 6. The number of phenols is 1. The summed E-state index contributed by atoms with van der Waals surface area (Å²) in [5.41, 5.74) is 1.95. The normalized spacial score (nSPS) is 12.0. The molecule has 0 amide bonds. The fraction of sp³-hybridized carbons (Fsp3) is 0.294. The zero-order valence-corrected chi connectivity index (χ0v) is 12.6. The molecule has 4 heteroatoms. The molecule has 0 aromatic heterocycles. The molecule has 112 valence electrons. The monoisotopic (exact) mass is 287 g/mol. The Morgan fingerprint density at radius 2 is 1.76 bits per heavy atom. The van der Waals surface area contributed by atoms with Crippen LogP contribution in [-0.4, -0.2) is 19.3 Å². The first-order valence-corrected chi connectivity index (χ1v) is 6.87. The van der Waals surface area contributed by atoms with Crippen LogP contribution < -0.4 is 14.8 Å². The van der Waals surface area contributed by atoms with Gasteiger partial charge in [-0.05, 0) is 42.8 Å². The molecule has 0 fully saturated rings. The first-order chi connectivity index (χ1) is 10.1. The van der Waals surface area contributed by atoms with E-state index in [2.05, 4.69) is 12.2 Å². The molecule has 0 bridgehead atoms. The Kier molecular flexibility index (Phi) is 5.06. The summed E-state index contributed by atoms with van der Waals surface area (Å²) in [5.74, 6) is 1.84. The van der Waals surface area contributed by atoms with Gasteiger partial charge in [-0.15, -0.1) is 0 Å². The highest BCUT2D eigenvalue weighted by Gasteiger charge is 2.08. The number of aromatic hydroxyl groups is 1. The molecular weight excluding hydrogens is 266 g/mol. The summed E-state index contributed by atoms with van der Waals surface area (Å²) in [6, 6.07) is 13.3. The highest BCUT2D eigenvalue weighted by atomic mass is 16.5. The van der Waals surface area contributed by atoms with Gasteiger partial charge in [0.15, 0.2) is 0 Å². The van der Waals surface area contributed by atoms with Crippen LogP contribution in [0.1, 0.15) is 24.1 Å². The highest BCUT2D eigenvalue weighted by molar-refractivity contribution is 5.39. The van der Waals surface area contributed by atoms with Gasteiger partial charge in [-0.3, -0.25) is 0 Å². The maximum absolute atomic E-state index is 9.88. The third kappa shape index (κ3) is 3.89. The van der Waals surface area contributed by atoms with Gasteiger partial charge in [0.25, 0.3) is 0 Å². The van der Waals surface area contributed by atoms with Gasteiger partial charge in [0.1, 0.15) is 17.2 Å². The number of hydrogen-bond donors (Lipinski definition) is 2. The van der Waals surface area contributed by atoms with Gasteiger partial charge in [-0.25, -0.2) is 0 Å². The lowest BCUT2D eigenvalue weighted by Crippen LogP contribution is -2.18. The molecular formula is C17H21NO3. The molecule has 2 aromatic carbocycles. The average molecular weight is 287 g/mol. The van der Waals surface area contributed by atoms with E-state index in [1.165, 1.54) is 0 Å². The van der Waals surface area contributed by atoms with E-state index in [1.54, 1.807) is 26.4 Å². The standard InChI is InChI=1S/C17H21NO3/c1-12(13-5-4-6-15(9-13)20-2)18-11-14-10-16(21-3)7-8-17(14)19/h4-10,12,18-19H,11H2,1-3H3/t12-/m0/s1. The highest BCUT2D eigenvalue weighted by Crippen LogP contribution is 2.24. The summed E-state index contributed by atoms with van der Waals surface area (Å²) in [6.45, 7) is 2.63. The maximum atomic E-state index is 9.88. The minimum atomic E-state index is 0.144. The molecule has 0 aliphatic carbocycles. The van der Waals surface area contributed by atoms with Crippen molar-refractivity contribution in [3.05, 3.63) is 53.6 Å². The average Bonchev–Trinajstić information content (AvgIpc) is 2.53. The molecule has 2 rings (SSSR count). The molecule has 4 nitrogen and oxygen atoms in total. The van der Waals surface area contributed by atoms with Crippen molar-refractivity contribution in [3.8, 4) is 17.2 Å². The van der Waals surface area contributed by atoms with Crippen molar-refractivity contribution in [2.45, 2.75) is 19.5 Å². The van der Waals surface area contributed by atoms with Gasteiger partial charge in [0, 0.05) is 18.2 Å². The van der Waals surface area contributed by atoms with Crippen molar-refractivity contribution >= 4 is 0 Å². The topological polar surface area (TPSA) is 50.7 Å². The van der Waals surface area contributed by atoms with Crippen LogP contribution in [0.2, 0.25) is 0 Å². The largest absolute Gasteiger partial charge is 0.508 e. The SMILES string of the molecule is COc1cccc([C@H](C)NCc2cc(OC)ccc2O)c1. The van der Waals surface area contributed by atoms with Crippen molar-refractivity contribution in [1.29, 1.82) is 0 Å². The Hall–Kier alpha value is -2.20. The lowest BCUT2D eigenvalue weighted by atomic mass is 10.1. The minimum absolute atomic E-state index is 0.144. The number of hydrogen-bond acceptors (Lipinski definition) is 4. The fourth-order valence-electron chi connectivity index (χ4n) is 2.12. The van der Waals surface area contributed by atoms with Crippen LogP contribution in [0.3, 0.4) is 0 Å². The first-order valence-electron chi connectivity index (χ1n) is 6.87. The number of ether oxygens (including phenoxy) is 2. The Morgan fingerprint density at radius 3 is 2.48 bits per heavy atom. The summed E-state index contributed by atoms with van der Waals surface area (Å²) in [4.78, 5) is 0. The molecule has 0 spiro atoms. The van der Waals surface area contributed by atoms with Crippen molar-refractivity contribution in [2.75, 3.05) is 14.2 Å². The van der Waals surface area contributed by atoms with Gasteiger partial charge in [-0.2, -0.15) is 0 Å². The molecule has 21 heavy (non-hydrogen) atoms. The van der Waals surface area contributed by atoms with Gasteiger partial charge in [0.05, 0.1) is 14.2 Å². The lowest BCUT2D eigenvalue weighted by Gasteiger charge is -2.16. The van der Waals surface area contributed by atoms with E-state index in [0.29, 0.717) is 6.54 Å². The summed E-state index contributed by atoms with van der Waals surface area (Å²) in [7, 11) is 3.27. The van der Waals surface area contributed by atoms with E-state index in [-0.39, 0.29) is 11.8 Å². The van der Waals surface area contributed by atoms with Gasteiger partial charge < -0.3 is 19.9 Å². The van der Waals surface area contributed by atoms with E-state index in [9.17, 15) is 5.11 Å². The second-order valence-corrected chi connectivity index (χ2v) is 4.87. The number of benzene rings is 2. The third-order valence-electron chi connectivity index (χ3n) is 3.48. The molecule has 0 heterocycles. The van der Waals surface area contributed by atoms with Crippen LogP contribution in [-0.2, 0) is 6.54 Å². The summed E-state index contributed by atoms with van der Waals surface area (Å²) < 4.78 is 10.4. The van der Waals surface area contributed by atoms with E-state index < -0.39 is 0 Å². The Balaban J connectivity index is 2.05. The summed E-state index contributed by atoms with van der Waals surface area (Å²) in [6.07, 6.45) is 0. The van der Waals surface area contributed by atoms with Crippen molar-refractivity contribution < 1.29 is 14.6 Å². The van der Waals surface area contributed by atoms with Gasteiger partial charge >= 0.3 is 0 Å². The minimum Gasteiger partial charge on any atom is -0.508 e. The summed E-state index contributed by atoms with van der Waals surface area (Å²) in [5, 5.41) is 13.3. The maximum Gasteiger partial charge on any atom is 0.120 e. The number of methoxy groups -OCH3 is 2. The van der Waals surface area contributed by atoms with Crippen molar-refractivity contribution in [1.82, 2.24) is 5.32 Å². The second kappa shape index (κ2) is 6.99. The second-order valence-electron chi connectivity index (χ2n) is 4.87. The van der Waals surface area contributed by atoms with E-state index in [0.717, 1.165) is 22.6 Å². The molecule has 0 saturated carbocycles. The predicted octanol–water partition coefficient (Wildman–Crippen LogP) is 3.26. The van der Waals surface area contributed by atoms with E-state index in [1.807, 2.05) is 30.3 Å². The quantitative estimate of drug-likeness (QED) is 0.856. The fourth-order valence-corrected chi connectivity index (χ4v) is 2.12. The van der Waals surface area contributed by atoms with Crippen LogP contribution in [0.15, 0.2) is 42.5 Å². The molecule has 0 radical (unpaired) electrons. The summed E-state index contributed by atoms with van der Waals surface area (Å²) >= 11 is 0. The van der Waals surface area contributed by atoms with Crippen LogP contribution in [0.5, 0.6) is 17.2 Å². The Morgan fingerprint density at radius 1 is 1.05 bits per heavy atom. The molecule has 0 saturated heterocycles. The van der Waals surface area contributed by atoms with Crippen LogP contribution in [0.25, 0.3) is 0 Å². The van der Waals surface area contributed by atoms with Crippen LogP contribution in [0, 0.1) is 0 Å². The molecule has 0 aliphatic heterocycles. The molecule has 0 aliphatic rings. The van der Waals surface area contributed by atoms with Crippen molar-refractivity contribution in [3.63, 3.8) is 0 Å². The third-order valence-corrected chi connectivity index (χ3v) is 3.48. The van der Waals surface area contributed by atoms with Crippen molar-refractivity contribution in [2.24, 2.45) is 0 Å². The van der Waals surface area contributed by atoms with E-state index in [4.69, 9.17) is 9.47 Å². The van der Waals surface area contributed by atoms with Gasteiger partial charge in [-0.1, -0.05) is 12.1 Å². The van der Waals surface area contributed by atoms with E-state index >= 15 is 0 Å². The van der Waals surface area contributed by atoms with Crippen LogP contribution >= 0.6 is 0 Å². The Bertz CT molecular complexity index is 598. The predicted molar refractivity (Wildman–Crippen MR) is 82.9 cm³/mol. The number of phenolic OH excluding ortho intramolecular Hbond substituents is 1. The molecule has 1 atom stereocenters. The smallest absolute Gasteiger partial charge is 0.120 e. The molecule has 2 aromatic rings. The first kappa shape index (κ1) is 15.2. The zero-order valence-electron chi connectivity index (χ0n) is 12.6.